The molecule has 0 fully saturated rings. The largest absolute Gasteiger partial charge is 0.349 e. The highest BCUT2D eigenvalue weighted by atomic mass is 16.2. The van der Waals surface area contributed by atoms with Gasteiger partial charge in [-0.15, -0.1) is 0 Å². The van der Waals surface area contributed by atoms with E-state index in [9.17, 15) is 14.4 Å². The fraction of sp³-hybridized carbons (Fsp3) is 0.435. The first kappa shape index (κ1) is 22.4. The van der Waals surface area contributed by atoms with E-state index in [-0.39, 0.29) is 17.0 Å². The van der Waals surface area contributed by atoms with Crippen LogP contribution in [0, 0.1) is 12.8 Å². The van der Waals surface area contributed by atoms with Gasteiger partial charge < -0.3 is 14.8 Å². The Morgan fingerprint density at radius 3 is 2.34 bits per heavy atom. The Hall–Kier alpha value is -2.89. The number of nitrogens with one attached hydrogen (secondary N) is 1. The first-order valence-corrected chi connectivity index (χ1v) is 9.99. The molecule has 1 N–H and O–H groups in total. The van der Waals surface area contributed by atoms with Crippen molar-refractivity contribution in [3.8, 4) is 0 Å². The molecule has 0 bridgehead atoms. The molecule has 1 aromatic heterocycles. The predicted octanol–water partition coefficient (Wildman–Crippen LogP) is 3.48. The molecule has 0 radical (unpaired) electrons. The minimum Gasteiger partial charge on any atom is -0.349 e. The van der Waals surface area contributed by atoms with Gasteiger partial charge in [-0.1, -0.05) is 26.0 Å². The lowest BCUT2D eigenvalue weighted by Crippen LogP contribution is -2.30. The molecule has 0 atom stereocenters. The Morgan fingerprint density at radius 1 is 1.10 bits per heavy atom. The number of amides is 2. The van der Waals surface area contributed by atoms with Gasteiger partial charge in [0.25, 0.3) is 11.5 Å². The van der Waals surface area contributed by atoms with Gasteiger partial charge in [0.2, 0.25) is 5.91 Å². The zero-order valence-electron chi connectivity index (χ0n) is 18.0. The second-order valence-electron chi connectivity index (χ2n) is 7.99. The summed E-state index contributed by atoms with van der Waals surface area (Å²) in [6.45, 7) is 6.57. The van der Waals surface area contributed by atoms with Crippen LogP contribution in [0.1, 0.15) is 48.2 Å². The summed E-state index contributed by atoms with van der Waals surface area (Å²) in [6, 6.07) is 9.17. The van der Waals surface area contributed by atoms with Crippen molar-refractivity contribution in [1.82, 2.24) is 9.47 Å². The molecule has 29 heavy (non-hydrogen) atoms. The van der Waals surface area contributed by atoms with E-state index in [0.29, 0.717) is 36.6 Å². The van der Waals surface area contributed by atoms with Crippen LogP contribution in [0.25, 0.3) is 0 Å². The summed E-state index contributed by atoms with van der Waals surface area (Å²) < 4.78 is 1.60. The molecule has 0 saturated heterocycles. The highest BCUT2D eigenvalue weighted by Crippen LogP contribution is 2.14. The number of hydrogen-bond acceptors (Lipinski definition) is 3. The second-order valence-corrected chi connectivity index (χ2v) is 7.99. The Kier molecular flexibility index (Phi) is 7.76. The van der Waals surface area contributed by atoms with E-state index in [4.69, 9.17) is 0 Å². The maximum absolute atomic E-state index is 12.8. The topological polar surface area (TPSA) is 71.4 Å². The third-order valence-corrected chi connectivity index (χ3v) is 4.89. The molecule has 6 heteroatoms. The molecule has 6 nitrogen and oxygen atoms in total. The fourth-order valence-corrected chi connectivity index (χ4v) is 2.94. The van der Waals surface area contributed by atoms with Crippen LogP contribution in [-0.4, -0.2) is 35.4 Å². The van der Waals surface area contributed by atoms with Crippen LogP contribution in [0.15, 0.2) is 41.3 Å². The quantitative estimate of drug-likeness (QED) is 0.741. The number of carbonyl (C=O) groups is 2. The molecular weight excluding hydrogens is 366 g/mol. The highest BCUT2D eigenvalue weighted by molar-refractivity contribution is 6.05. The van der Waals surface area contributed by atoms with Crippen molar-refractivity contribution in [3.63, 3.8) is 0 Å². The van der Waals surface area contributed by atoms with Crippen molar-refractivity contribution in [2.45, 2.75) is 46.6 Å². The molecule has 1 heterocycles. The number of benzene rings is 1. The maximum Gasteiger partial charge on any atom is 0.263 e. The highest BCUT2D eigenvalue weighted by Gasteiger charge is 2.16. The van der Waals surface area contributed by atoms with E-state index in [1.165, 1.54) is 0 Å². The van der Waals surface area contributed by atoms with Crippen LogP contribution in [0.3, 0.4) is 0 Å². The van der Waals surface area contributed by atoms with Gasteiger partial charge in [0.1, 0.15) is 5.56 Å². The number of aromatic nitrogens is 1. The van der Waals surface area contributed by atoms with Crippen LogP contribution in [0.5, 0.6) is 0 Å². The van der Waals surface area contributed by atoms with Gasteiger partial charge in [-0.05, 0) is 55.0 Å². The Balaban J connectivity index is 2.09. The Morgan fingerprint density at radius 2 is 1.76 bits per heavy atom. The molecule has 0 unspecified atom stereocenters. The summed E-state index contributed by atoms with van der Waals surface area (Å²) in [5.74, 6) is 0.157. The molecule has 0 spiro atoms. The van der Waals surface area contributed by atoms with E-state index in [1.807, 2.05) is 18.2 Å². The Labute approximate surface area is 172 Å². The van der Waals surface area contributed by atoms with Gasteiger partial charge >= 0.3 is 0 Å². The van der Waals surface area contributed by atoms with Gasteiger partial charge in [-0.25, -0.2) is 0 Å². The molecular formula is C23H31N3O3. The standard InChI is InChI=1S/C23H31N3O3/c1-16(2)12-14-26-15-13-17(3)21(23(26)29)22(28)24-19-9-6-18(7-10-19)8-11-20(27)25(4)5/h6-7,9-10,13,15-16H,8,11-12,14H2,1-5H3,(H,24,28). The van der Waals surface area contributed by atoms with Crippen molar-refractivity contribution >= 4 is 17.5 Å². The maximum atomic E-state index is 12.8. The first-order chi connectivity index (χ1) is 13.7. The average Bonchev–Trinajstić information content (AvgIpc) is 2.66. The normalized spacial score (nSPS) is 10.8. The lowest BCUT2D eigenvalue weighted by molar-refractivity contribution is -0.128. The second kappa shape index (κ2) is 10.0. The number of anilines is 1. The molecule has 0 saturated carbocycles. The first-order valence-electron chi connectivity index (χ1n) is 9.99. The van der Waals surface area contributed by atoms with Gasteiger partial charge in [0, 0.05) is 38.9 Å². The van der Waals surface area contributed by atoms with E-state index in [1.54, 1.807) is 48.8 Å². The lowest BCUT2D eigenvalue weighted by Gasteiger charge is -2.13. The van der Waals surface area contributed by atoms with Gasteiger partial charge in [0.15, 0.2) is 0 Å². The third kappa shape index (κ3) is 6.31. The van der Waals surface area contributed by atoms with E-state index in [2.05, 4.69) is 19.2 Å². The molecule has 2 rings (SSSR count). The zero-order chi connectivity index (χ0) is 21.6. The van der Waals surface area contributed by atoms with Crippen LogP contribution in [0.2, 0.25) is 0 Å². The van der Waals surface area contributed by atoms with Gasteiger partial charge in [-0.2, -0.15) is 0 Å². The molecule has 0 aliphatic carbocycles. The van der Waals surface area contributed by atoms with Crippen molar-refractivity contribution in [2.24, 2.45) is 5.92 Å². The van der Waals surface area contributed by atoms with Crippen LogP contribution in [-0.2, 0) is 17.8 Å². The smallest absolute Gasteiger partial charge is 0.263 e. The van der Waals surface area contributed by atoms with Crippen molar-refractivity contribution < 1.29 is 9.59 Å². The minimum absolute atomic E-state index is 0.0793. The summed E-state index contributed by atoms with van der Waals surface area (Å²) in [5.41, 5.74) is 2.21. The monoisotopic (exact) mass is 397 g/mol. The average molecular weight is 398 g/mol. The van der Waals surface area contributed by atoms with Crippen LogP contribution < -0.4 is 10.9 Å². The summed E-state index contributed by atoms with van der Waals surface area (Å²) in [7, 11) is 3.48. The third-order valence-electron chi connectivity index (χ3n) is 4.89. The zero-order valence-corrected chi connectivity index (χ0v) is 18.0. The molecule has 2 aromatic rings. The predicted molar refractivity (Wildman–Crippen MR) is 116 cm³/mol. The number of carbonyl (C=O) groups excluding carboxylic acids is 2. The minimum atomic E-state index is -0.401. The van der Waals surface area contributed by atoms with Crippen LogP contribution >= 0.6 is 0 Å². The summed E-state index contributed by atoms with van der Waals surface area (Å²) in [6.07, 6.45) is 3.71. The Bertz CT molecular complexity index is 912. The number of pyridine rings is 1. The molecule has 0 aliphatic rings. The van der Waals surface area contributed by atoms with E-state index < -0.39 is 5.91 Å². The van der Waals surface area contributed by atoms with Crippen molar-refractivity contribution in [1.29, 1.82) is 0 Å². The molecule has 156 valence electrons. The number of nitrogens with zero attached hydrogens (tertiary/aromatic N) is 2. The molecule has 2 amide bonds. The number of rotatable bonds is 8. The van der Waals surface area contributed by atoms with Gasteiger partial charge in [-0.3, -0.25) is 14.4 Å². The van der Waals surface area contributed by atoms with Crippen LogP contribution in [0.4, 0.5) is 5.69 Å². The molecule has 1 aromatic carbocycles. The number of hydrogen-bond donors (Lipinski definition) is 1. The summed E-state index contributed by atoms with van der Waals surface area (Å²) in [5, 5.41) is 2.81. The lowest BCUT2D eigenvalue weighted by atomic mass is 10.1. The summed E-state index contributed by atoms with van der Waals surface area (Å²) >= 11 is 0. The van der Waals surface area contributed by atoms with Crippen molar-refractivity contribution in [3.05, 3.63) is 63.6 Å². The van der Waals surface area contributed by atoms with Gasteiger partial charge in [0.05, 0.1) is 0 Å². The molecule has 0 aliphatic heterocycles. The SMILES string of the molecule is Cc1ccn(CCC(C)C)c(=O)c1C(=O)Nc1ccc(CCC(=O)N(C)C)cc1. The summed E-state index contributed by atoms with van der Waals surface area (Å²) in [4.78, 5) is 38.8. The van der Waals surface area contributed by atoms with E-state index >= 15 is 0 Å². The fourth-order valence-electron chi connectivity index (χ4n) is 2.94. The van der Waals surface area contributed by atoms with E-state index in [0.717, 1.165) is 12.0 Å². The van der Waals surface area contributed by atoms with Crippen molar-refractivity contribution in [2.75, 3.05) is 19.4 Å². The number of aryl methyl sites for hydroxylation is 3.